The fourth-order valence-electron chi connectivity index (χ4n) is 2.26. The van der Waals surface area contributed by atoms with Crippen LogP contribution in [0.15, 0.2) is 47.4 Å². The first kappa shape index (κ1) is 19.5. The van der Waals surface area contributed by atoms with Crippen molar-refractivity contribution in [3.05, 3.63) is 53.6 Å². The van der Waals surface area contributed by atoms with E-state index in [1.54, 1.807) is 42.5 Å². The van der Waals surface area contributed by atoms with Gasteiger partial charge >= 0.3 is 5.97 Å². The van der Waals surface area contributed by atoms with Gasteiger partial charge in [-0.1, -0.05) is 12.1 Å². The summed E-state index contributed by atoms with van der Waals surface area (Å²) in [6.45, 7) is 0.939. The van der Waals surface area contributed by atoms with Crippen LogP contribution in [-0.2, 0) is 9.53 Å². The molecule has 136 valence electrons. The zero-order valence-corrected chi connectivity index (χ0v) is 15.5. The number of ketones is 1. The first-order valence-corrected chi connectivity index (χ1v) is 8.97. The Morgan fingerprint density at radius 3 is 2.46 bits per heavy atom. The average molecular weight is 373 g/mol. The number of carbonyl (C=O) groups is 3. The second kappa shape index (κ2) is 9.05. The van der Waals surface area contributed by atoms with Gasteiger partial charge in [0.15, 0.2) is 12.4 Å². The normalized spacial score (nSPS) is 10.1. The predicted molar refractivity (Wildman–Crippen MR) is 100 cm³/mol. The highest BCUT2D eigenvalue weighted by Crippen LogP contribution is 2.26. The molecule has 0 heterocycles. The van der Waals surface area contributed by atoms with Crippen molar-refractivity contribution >= 4 is 35.1 Å². The molecule has 7 heteroatoms. The van der Waals surface area contributed by atoms with Crippen molar-refractivity contribution in [1.29, 1.82) is 0 Å². The molecule has 0 aliphatic heterocycles. The topological polar surface area (TPSA) is 81.7 Å². The lowest BCUT2D eigenvalue weighted by atomic mass is 10.1. The Balaban J connectivity index is 2.02. The maximum absolute atomic E-state index is 12.2. The molecule has 1 N–H and O–H groups in total. The third kappa shape index (κ3) is 4.86. The largest absolute Gasteiger partial charge is 0.496 e. The van der Waals surface area contributed by atoms with Crippen molar-refractivity contribution in [3.8, 4) is 5.75 Å². The molecule has 0 aliphatic carbocycles. The highest BCUT2D eigenvalue weighted by molar-refractivity contribution is 7.98. The second-order valence-electron chi connectivity index (χ2n) is 5.29. The SMILES string of the molecule is COc1cc(SC)ccc1C(=O)OCC(=O)Nc1ccccc1C(C)=O. The van der Waals surface area contributed by atoms with Crippen LogP contribution >= 0.6 is 11.8 Å². The van der Waals surface area contributed by atoms with Crippen molar-refractivity contribution in [3.63, 3.8) is 0 Å². The van der Waals surface area contributed by atoms with Gasteiger partial charge in [-0.2, -0.15) is 0 Å². The van der Waals surface area contributed by atoms with Gasteiger partial charge in [-0.3, -0.25) is 9.59 Å². The molecule has 0 bridgehead atoms. The number of hydrogen-bond donors (Lipinski definition) is 1. The van der Waals surface area contributed by atoms with E-state index >= 15 is 0 Å². The zero-order valence-electron chi connectivity index (χ0n) is 14.7. The monoisotopic (exact) mass is 373 g/mol. The number of methoxy groups -OCH3 is 1. The van der Waals surface area contributed by atoms with E-state index in [4.69, 9.17) is 9.47 Å². The molecule has 0 saturated heterocycles. The maximum atomic E-state index is 12.2. The Hall–Kier alpha value is -2.80. The summed E-state index contributed by atoms with van der Waals surface area (Å²) in [5, 5.41) is 2.57. The minimum Gasteiger partial charge on any atom is -0.496 e. The standard InChI is InChI=1S/C19H19NO5S/c1-12(21)14-6-4-5-7-16(14)20-18(22)11-25-19(23)15-9-8-13(26-3)10-17(15)24-2/h4-10H,11H2,1-3H3,(H,20,22). The Labute approximate surface area is 155 Å². The molecule has 6 nitrogen and oxygen atoms in total. The Morgan fingerprint density at radius 2 is 1.81 bits per heavy atom. The number of rotatable bonds is 7. The van der Waals surface area contributed by atoms with Gasteiger partial charge in [-0.15, -0.1) is 11.8 Å². The van der Waals surface area contributed by atoms with E-state index in [-0.39, 0.29) is 11.3 Å². The molecule has 0 radical (unpaired) electrons. The summed E-state index contributed by atoms with van der Waals surface area (Å²) >= 11 is 1.52. The minimum absolute atomic E-state index is 0.170. The summed E-state index contributed by atoms with van der Waals surface area (Å²) in [7, 11) is 1.46. The molecule has 26 heavy (non-hydrogen) atoms. The number of para-hydroxylation sites is 1. The molecule has 0 unspecified atom stereocenters. The summed E-state index contributed by atoms with van der Waals surface area (Å²) in [6, 6.07) is 11.7. The summed E-state index contributed by atoms with van der Waals surface area (Å²) in [5.74, 6) is -0.989. The molecular weight excluding hydrogens is 354 g/mol. The van der Waals surface area contributed by atoms with E-state index in [9.17, 15) is 14.4 Å². The van der Waals surface area contributed by atoms with E-state index in [0.717, 1.165) is 4.90 Å². The average Bonchev–Trinajstić information content (AvgIpc) is 2.65. The lowest BCUT2D eigenvalue weighted by molar-refractivity contribution is -0.119. The molecule has 1 amide bonds. The van der Waals surface area contributed by atoms with E-state index in [1.807, 2.05) is 6.26 Å². The van der Waals surface area contributed by atoms with Crippen LogP contribution in [0.5, 0.6) is 5.75 Å². The summed E-state index contributed by atoms with van der Waals surface area (Å²) in [5.41, 5.74) is 1.01. The quantitative estimate of drug-likeness (QED) is 0.455. The third-order valence-electron chi connectivity index (χ3n) is 3.54. The van der Waals surface area contributed by atoms with Crippen LogP contribution in [0.2, 0.25) is 0 Å². The van der Waals surface area contributed by atoms with Crippen LogP contribution in [0.25, 0.3) is 0 Å². The Kier molecular flexibility index (Phi) is 6.80. The van der Waals surface area contributed by atoms with Gasteiger partial charge < -0.3 is 14.8 Å². The molecule has 0 aliphatic rings. The van der Waals surface area contributed by atoms with Gasteiger partial charge in [0.1, 0.15) is 11.3 Å². The van der Waals surface area contributed by atoms with Crippen LogP contribution in [0, 0.1) is 0 Å². The smallest absolute Gasteiger partial charge is 0.342 e. The second-order valence-corrected chi connectivity index (χ2v) is 6.17. The molecule has 0 aromatic heterocycles. The van der Waals surface area contributed by atoms with Crippen LogP contribution in [0.4, 0.5) is 5.69 Å². The number of nitrogens with one attached hydrogen (secondary N) is 1. The lowest BCUT2D eigenvalue weighted by Gasteiger charge is -2.11. The molecule has 0 fully saturated rings. The predicted octanol–water partition coefficient (Wildman–Crippen LogP) is 3.42. The molecule has 2 aromatic carbocycles. The molecule has 0 spiro atoms. The van der Waals surface area contributed by atoms with Crippen molar-refractivity contribution in [2.45, 2.75) is 11.8 Å². The number of Topliss-reactive ketones (excluding diaryl/α,β-unsaturated/α-hetero) is 1. The number of anilines is 1. The van der Waals surface area contributed by atoms with E-state index in [2.05, 4.69) is 5.32 Å². The van der Waals surface area contributed by atoms with Crippen LogP contribution in [-0.4, -0.2) is 37.6 Å². The highest BCUT2D eigenvalue weighted by atomic mass is 32.2. The maximum Gasteiger partial charge on any atom is 0.342 e. The van der Waals surface area contributed by atoms with Crippen molar-refractivity contribution < 1.29 is 23.9 Å². The molecular formula is C19H19NO5S. The third-order valence-corrected chi connectivity index (χ3v) is 4.27. The van der Waals surface area contributed by atoms with Gasteiger partial charge in [0, 0.05) is 10.5 Å². The lowest BCUT2D eigenvalue weighted by Crippen LogP contribution is -2.22. The van der Waals surface area contributed by atoms with Gasteiger partial charge in [0.25, 0.3) is 5.91 Å². The number of carbonyl (C=O) groups excluding carboxylic acids is 3. The number of amides is 1. The van der Waals surface area contributed by atoms with Crippen LogP contribution in [0.1, 0.15) is 27.6 Å². The number of hydrogen-bond acceptors (Lipinski definition) is 6. The molecule has 0 saturated carbocycles. The van der Waals surface area contributed by atoms with Gasteiger partial charge in [0.2, 0.25) is 0 Å². The molecule has 2 rings (SSSR count). The fraction of sp³-hybridized carbons (Fsp3) is 0.211. The van der Waals surface area contributed by atoms with Crippen LogP contribution < -0.4 is 10.1 Å². The summed E-state index contributed by atoms with van der Waals surface area (Å²) < 4.78 is 10.3. The first-order chi connectivity index (χ1) is 12.5. The Bertz CT molecular complexity index is 834. The number of thioether (sulfide) groups is 1. The van der Waals surface area contributed by atoms with E-state index in [1.165, 1.54) is 25.8 Å². The van der Waals surface area contributed by atoms with Crippen molar-refractivity contribution in [2.24, 2.45) is 0 Å². The van der Waals surface area contributed by atoms with E-state index < -0.39 is 18.5 Å². The number of esters is 1. The minimum atomic E-state index is -0.662. The highest BCUT2D eigenvalue weighted by Gasteiger charge is 2.17. The zero-order chi connectivity index (χ0) is 19.1. The van der Waals surface area contributed by atoms with Crippen molar-refractivity contribution in [1.82, 2.24) is 0 Å². The Morgan fingerprint density at radius 1 is 1.08 bits per heavy atom. The van der Waals surface area contributed by atoms with E-state index in [0.29, 0.717) is 17.0 Å². The van der Waals surface area contributed by atoms with Gasteiger partial charge in [-0.25, -0.2) is 4.79 Å². The molecule has 0 atom stereocenters. The van der Waals surface area contributed by atoms with Crippen LogP contribution in [0.3, 0.4) is 0 Å². The van der Waals surface area contributed by atoms with Gasteiger partial charge in [-0.05, 0) is 43.5 Å². The number of benzene rings is 2. The molecule has 2 aromatic rings. The number of ether oxygens (including phenoxy) is 2. The first-order valence-electron chi connectivity index (χ1n) is 7.75. The fourth-order valence-corrected chi connectivity index (χ4v) is 2.69. The summed E-state index contributed by atoms with van der Waals surface area (Å²) in [6.07, 6.45) is 1.91. The van der Waals surface area contributed by atoms with Crippen molar-refractivity contribution in [2.75, 3.05) is 25.3 Å². The summed E-state index contributed by atoms with van der Waals surface area (Å²) in [4.78, 5) is 36.8. The van der Waals surface area contributed by atoms with Gasteiger partial charge in [0.05, 0.1) is 12.8 Å².